The normalized spacial score (nSPS) is 12.1. The highest BCUT2D eigenvalue weighted by molar-refractivity contribution is 6.30. The lowest BCUT2D eigenvalue weighted by Gasteiger charge is -2.23. The summed E-state index contributed by atoms with van der Waals surface area (Å²) in [5.41, 5.74) is 5.11. The van der Waals surface area contributed by atoms with Crippen LogP contribution in [0.25, 0.3) is 10.9 Å². The Bertz CT molecular complexity index is 1150. The number of phenols is 1. The minimum atomic E-state index is -0.291. The van der Waals surface area contributed by atoms with Gasteiger partial charge in [0.25, 0.3) is 0 Å². The minimum absolute atomic E-state index is 0.175. The van der Waals surface area contributed by atoms with Crippen molar-refractivity contribution in [2.24, 2.45) is 0 Å². The fraction of sp³-hybridized carbons (Fsp3) is 0.130. The van der Waals surface area contributed by atoms with Crippen molar-refractivity contribution in [3.8, 4) is 5.75 Å². The number of hydrogen-bond acceptors (Lipinski definition) is 4. The first kappa shape index (κ1) is 18.3. The number of fused-ring (bicyclic) bond motifs is 1. The monoisotopic (exact) mass is 389 g/mol. The van der Waals surface area contributed by atoms with Crippen molar-refractivity contribution in [3.63, 3.8) is 0 Å². The van der Waals surface area contributed by atoms with Gasteiger partial charge < -0.3 is 10.4 Å². The van der Waals surface area contributed by atoms with Gasteiger partial charge in [-0.15, -0.1) is 0 Å². The molecule has 1 unspecified atom stereocenters. The molecular formula is C23H20ClN3O. The number of rotatable bonds is 4. The number of aromatic nitrogens is 2. The number of anilines is 1. The molecule has 28 heavy (non-hydrogen) atoms. The number of hydrogen-bond donors (Lipinski definition) is 2. The molecule has 0 aliphatic heterocycles. The molecule has 0 radical (unpaired) electrons. The standard InChI is InChI=1S/C23H20ClN3O/c1-14-12-18(24)8-10-20(14)27-21(17-4-3-11-25-13-17)19-9-7-16-6-5-15(2)26-22(16)23(19)28/h3-13,21,27-28H,1-2H3. The summed E-state index contributed by atoms with van der Waals surface area (Å²) in [4.78, 5) is 8.79. The molecule has 0 spiro atoms. The van der Waals surface area contributed by atoms with Crippen LogP contribution in [0.1, 0.15) is 28.4 Å². The van der Waals surface area contributed by atoms with Gasteiger partial charge in [0.1, 0.15) is 11.3 Å². The molecule has 0 saturated carbocycles. The number of nitrogens with zero attached hydrogens (tertiary/aromatic N) is 2. The topological polar surface area (TPSA) is 58.0 Å². The molecule has 5 heteroatoms. The van der Waals surface area contributed by atoms with Crippen LogP contribution < -0.4 is 5.32 Å². The number of aromatic hydroxyl groups is 1. The second-order valence-corrected chi connectivity index (χ2v) is 7.29. The van der Waals surface area contributed by atoms with Crippen LogP contribution in [-0.2, 0) is 0 Å². The van der Waals surface area contributed by atoms with Crippen LogP contribution >= 0.6 is 11.6 Å². The Kier molecular flexibility index (Phi) is 4.88. The zero-order valence-corrected chi connectivity index (χ0v) is 16.4. The Morgan fingerprint density at radius 3 is 2.61 bits per heavy atom. The van der Waals surface area contributed by atoms with E-state index in [-0.39, 0.29) is 11.8 Å². The molecular weight excluding hydrogens is 370 g/mol. The Balaban J connectivity index is 1.86. The van der Waals surface area contributed by atoms with Crippen molar-refractivity contribution < 1.29 is 5.11 Å². The maximum absolute atomic E-state index is 11.1. The van der Waals surface area contributed by atoms with Crippen molar-refractivity contribution >= 4 is 28.2 Å². The van der Waals surface area contributed by atoms with Crippen LogP contribution in [0.5, 0.6) is 5.75 Å². The number of phenolic OH excluding ortho intramolecular Hbond substituents is 1. The Hall–Kier alpha value is -3.11. The quantitative estimate of drug-likeness (QED) is 0.462. The van der Waals surface area contributed by atoms with Crippen molar-refractivity contribution in [3.05, 3.63) is 94.4 Å². The van der Waals surface area contributed by atoms with Crippen LogP contribution in [0, 0.1) is 13.8 Å². The van der Waals surface area contributed by atoms with E-state index in [1.165, 1.54) is 0 Å². The third-order valence-electron chi connectivity index (χ3n) is 4.82. The van der Waals surface area contributed by atoms with Gasteiger partial charge in [-0.3, -0.25) is 4.98 Å². The molecule has 2 aromatic heterocycles. The molecule has 140 valence electrons. The molecule has 2 N–H and O–H groups in total. The van der Waals surface area contributed by atoms with Gasteiger partial charge >= 0.3 is 0 Å². The summed E-state index contributed by atoms with van der Waals surface area (Å²) >= 11 is 6.11. The highest BCUT2D eigenvalue weighted by Gasteiger charge is 2.21. The van der Waals surface area contributed by atoms with Crippen LogP contribution in [0.2, 0.25) is 5.02 Å². The van der Waals surface area contributed by atoms with Crippen LogP contribution in [-0.4, -0.2) is 15.1 Å². The SMILES string of the molecule is Cc1ccc2ccc(C(Nc3ccc(Cl)cc3C)c3cccnc3)c(O)c2n1. The molecule has 1 atom stereocenters. The average molecular weight is 390 g/mol. The van der Waals surface area contributed by atoms with Crippen molar-refractivity contribution in [1.82, 2.24) is 9.97 Å². The molecule has 0 fully saturated rings. The zero-order chi connectivity index (χ0) is 19.7. The van der Waals surface area contributed by atoms with E-state index in [4.69, 9.17) is 11.6 Å². The average Bonchev–Trinajstić information content (AvgIpc) is 2.69. The second-order valence-electron chi connectivity index (χ2n) is 6.85. The highest BCUT2D eigenvalue weighted by atomic mass is 35.5. The smallest absolute Gasteiger partial charge is 0.147 e. The van der Waals surface area contributed by atoms with Crippen molar-refractivity contribution in [2.75, 3.05) is 5.32 Å². The van der Waals surface area contributed by atoms with E-state index in [1.807, 2.05) is 68.4 Å². The van der Waals surface area contributed by atoms with E-state index in [1.54, 1.807) is 12.4 Å². The molecule has 4 nitrogen and oxygen atoms in total. The first-order valence-electron chi connectivity index (χ1n) is 9.05. The lowest BCUT2D eigenvalue weighted by atomic mass is 9.96. The van der Waals surface area contributed by atoms with Gasteiger partial charge in [-0.2, -0.15) is 0 Å². The predicted molar refractivity (Wildman–Crippen MR) is 114 cm³/mol. The maximum Gasteiger partial charge on any atom is 0.147 e. The number of halogens is 1. The van der Waals surface area contributed by atoms with Crippen LogP contribution in [0.3, 0.4) is 0 Å². The molecule has 4 rings (SSSR count). The molecule has 2 aromatic carbocycles. The van der Waals surface area contributed by atoms with Gasteiger partial charge in [-0.25, -0.2) is 4.98 Å². The first-order chi connectivity index (χ1) is 13.5. The minimum Gasteiger partial charge on any atom is -0.505 e. The lowest BCUT2D eigenvalue weighted by molar-refractivity contribution is 0.471. The van der Waals surface area contributed by atoms with E-state index >= 15 is 0 Å². The van der Waals surface area contributed by atoms with Gasteiger partial charge in [0.15, 0.2) is 0 Å². The summed E-state index contributed by atoms with van der Waals surface area (Å²) in [5, 5.41) is 16.2. The van der Waals surface area contributed by atoms with Gasteiger partial charge in [-0.05, 0) is 55.3 Å². The Labute approximate surface area is 168 Å². The van der Waals surface area contributed by atoms with Crippen molar-refractivity contribution in [1.29, 1.82) is 0 Å². The van der Waals surface area contributed by atoms with Gasteiger partial charge in [0, 0.05) is 39.7 Å². The summed E-state index contributed by atoms with van der Waals surface area (Å²) in [5.74, 6) is 0.175. The molecule has 4 aromatic rings. The Morgan fingerprint density at radius 1 is 1.04 bits per heavy atom. The van der Waals surface area contributed by atoms with E-state index in [9.17, 15) is 5.11 Å². The van der Waals surface area contributed by atoms with E-state index in [0.29, 0.717) is 10.5 Å². The van der Waals surface area contributed by atoms with Crippen molar-refractivity contribution in [2.45, 2.75) is 19.9 Å². The summed E-state index contributed by atoms with van der Waals surface area (Å²) in [6.45, 7) is 3.92. The largest absolute Gasteiger partial charge is 0.505 e. The molecule has 2 heterocycles. The Morgan fingerprint density at radius 2 is 1.86 bits per heavy atom. The van der Waals surface area contributed by atoms with Crippen LogP contribution in [0.15, 0.2) is 67.0 Å². The second kappa shape index (κ2) is 7.49. The van der Waals surface area contributed by atoms with Crippen LogP contribution in [0.4, 0.5) is 5.69 Å². The molecule has 0 aliphatic carbocycles. The molecule has 0 bridgehead atoms. The molecule has 0 amide bonds. The summed E-state index contributed by atoms with van der Waals surface area (Å²) in [6, 6.07) is 17.1. The highest BCUT2D eigenvalue weighted by Crippen LogP contribution is 2.37. The third-order valence-corrected chi connectivity index (χ3v) is 5.06. The number of pyridine rings is 2. The summed E-state index contributed by atoms with van der Waals surface area (Å²) in [7, 11) is 0. The maximum atomic E-state index is 11.1. The fourth-order valence-electron chi connectivity index (χ4n) is 3.35. The summed E-state index contributed by atoms with van der Waals surface area (Å²) < 4.78 is 0. The third kappa shape index (κ3) is 3.51. The first-order valence-corrected chi connectivity index (χ1v) is 9.42. The van der Waals surface area contributed by atoms with E-state index < -0.39 is 0 Å². The van der Waals surface area contributed by atoms with E-state index in [0.717, 1.165) is 33.5 Å². The number of nitrogens with one attached hydrogen (secondary N) is 1. The fourth-order valence-corrected chi connectivity index (χ4v) is 3.58. The molecule has 0 aliphatic rings. The van der Waals surface area contributed by atoms with E-state index in [2.05, 4.69) is 15.3 Å². The predicted octanol–water partition coefficient (Wildman–Crippen LogP) is 5.81. The van der Waals surface area contributed by atoms with Gasteiger partial charge in [0.05, 0.1) is 6.04 Å². The zero-order valence-electron chi connectivity index (χ0n) is 15.6. The van der Waals surface area contributed by atoms with Gasteiger partial charge in [-0.1, -0.05) is 35.9 Å². The lowest BCUT2D eigenvalue weighted by Crippen LogP contribution is -2.14. The van der Waals surface area contributed by atoms with Gasteiger partial charge in [0.2, 0.25) is 0 Å². The summed E-state index contributed by atoms with van der Waals surface area (Å²) in [6.07, 6.45) is 3.54. The number of benzene rings is 2. The molecule has 0 saturated heterocycles. The number of aryl methyl sites for hydroxylation is 2.